The van der Waals surface area contributed by atoms with Gasteiger partial charge >= 0.3 is 17.9 Å². The second-order valence-corrected chi connectivity index (χ2v) is 6.74. The van der Waals surface area contributed by atoms with E-state index in [-0.39, 0.29) is 6.61 Å². The van der Waals surface area contributed by atoms with Gasteiger partial charge in [-0.05, 0) is 24.0 Å². The van der Waals surface area contributed by atoms with Crippen molar-refractivity contribution in [2.45, 2.75) is 71.3 Å². The average Bonchev–Trinajstić information content (AvgIpc) is 2.64. The lowest BCUT2D eigenvalue weighted by Crippen LogP contribution is -2.28. The lowest BCUT2D eigenvalue weighted by molar-refractivity contribution is -0.163. The van der Waals surface area contributed by atoms with Gasteiger partial charge in [0.2, 0.25) is 0 Å². The summed E-state index contributed by atoms with van der Waals surface area (Å²) in [7, 11) is 0. The van der Waals surface area contributed by atoms with Crippen LogP contribution >= 0.6 is 0 Å². The molecular formula is C21H30O6. The Hall–Kier alpha value is -2.37. The molecule has 1 aromatic carbocycles. The number of carboxylic acids is 2. The van der Waals surface area contributed by atoms with Gasteiger partial charge in [0.1, 0.15) is 6.61 Å². The van der Waals surface area contributed by atoms with E-state index in [2.05, 4.69) is 6.92 Å². The number of aryl methyl sites for hydroxylation is 1. The lowest BCUT2D eigenvalue weighted by atomic mass is 10.0. The number of esters is 1. The lowest BCUT2D eigenvalue weighted by Gasteiger charge is -2.13. The summed E-state index contributed by atoms with van der Waals surface area (Å²) >= 11 is 0. The summed E-state index contributed by atoms with van der Waals surface area (Å²) < 4.78 is 5.08. The molecule has 2 N–H and O–H groups in total. The zero-order chi connectivity index (χ0) is 20.1. The first-order chi connectivity index (χ1) is 13.0. The van der Waals surface area contributed by atoms with Gasteiger partial charge in [-0.2, -0.15) is 0 Å². The van der Waals surface area contributed by atoms with E-state index in [9.17, 15) is 14.4 Å². The summed E-state index contributed by atoms with van der Waals surface area (Å²) in [4.78, 5) is 33.7. The zero-order valence-corrected chi connectivity index (χ0v) is 16.0. The molecule has 1 aromatic rings. The molecule has 0 spiro atoms. The van der Waals surface area contributed by atoms with Crippen LogP contribution in [0.2, 0.25) is 0 Å². The molecule has 6 heteroatoms. The molecule has 0 amide bonds. The normalized spacial score (nSPS) is 11.7. The Morgan fingerprint density at radius 2 is 1.52 bits per heavy atom. The van der Waals surface area contributed by atoms with Gasteiger partial charge in [0.25, 0.3) is 0 Å². The van der Waals surface area contributed by atoms with Crippen molar-refractivity contribution in [3.8, 4) is 0 Å². The molecule has 0 fully saturated rings. The van der Waals surface area contributed by atoms with Crippen LogP contribution in [0.5, 0.6) is 0 Å². The highest BCUT2D eigenvalue weighted by Crippen LogP contribution is 2.16. The molecule has 0 heterocycles. The summed E-state index contributed by atoms with van der Waals surface area (Å²) in [5.41, 5.74) is 1.90. The monoisotopic (exact) mass is 378 g/mol. The predicted octanol–water partition coefficient (Wildman–Crippen LogP) is 4.20. The number of benzene rings is 1. The van der Waals surface area contributed by atoms with Gasteiger partial charge in [-0.1, -0.05) is 69.7 Å². The number of hydrogen-bond acceptors (Lipinski definition) is 4. The van der Waals surface area contributed by atoms with Crippen LogP contribution in [0.1, 0.15) is 69.4 Å². The fraction of sp³-hybridized carbons (Fsp3) is 0.571. The Morgan fingerprint density at radius 1 is 0.926 bits per heavy atom. The van der Waals surface area contributed by atoms with Crippen molar-refractivity contribution in [3.63, 3.8) is 0 Å². The number of rotatable bonds is 14. The number of carboxylic acid groups (broad SMARTS) is 2. The fourth-order valence-corrected chi connectivity index (χ4v) is 2.91. The highest BCUT2D eigenvalue weighted by Gasteiger charge is 2.30. The van der Waals surface area contributed by atoms with E-state index < -0.39 is 30.2 Å². The summed E-state index contributed by atoms with van der Waals surface area (Å²) in [5.74, 6) is -5.54. The minimum absolute atomic E-state index is 0.0467. The zero-order valence-electron chi connectivity index (χ0n) is 16.0. The fourth-order valence-electron chi connectivity index (χ4n) is 2.91. The van der Waals surface area contributed by atoms with Crippen molar-refractivity contribution in [2.24, 2.45) is 5.92 Å². The van der Waals surface area contributed by atoms with E-state index in [1.54, 1.807) is 0 Å². The summed E-state index contributed by atoms with van der Waals surface area (Å²) in [6.45, 7) is 2.15. The molecule has 0 saturated carbocycles. The van der Waals surface area contributed by atoms with Crippen LogP contribution in [-0.4, -0.2) is 28.1 Å². The first-order valence-electron chi connectivity index (χ1n) is 9.63. The summed E-state index contributed by atoms with van der Waals surface area (Å²) in [5, 5.41) is 17.7. The maximum Gasteiger partial charge on any atom is 0.321 e. The van der Waals surface area contributed by atoms with Crippen molar-refractivity contribution in [1.82, 2.24) is 0 Å². The molecule has 6 nitrogen and oxygen atoms in total. The molecule has 0 bridgehead atoms. The largest absolute Gasteiger partial charge is 0.481 e. The highest BCUT2D eigenvalue weighted by molar-refractivity contribution is 5.96. The number of ether oxygens (including phenoxy) is 1. The molecular weight excluding hydrogens is 348 g/mol. The van der Waals surface area contributed by atoms with E-state index in [0.29, 0.717) is 0 Å². The van der Waals surface area contributed by atoms with Crippen molar-refractivity contribution in [1.29, 1.82) is 0 Å². The van der Waals surface area contributed by atoms with Gasteiger partial charge in [0, 0.05) is 0 Å². The Bertz CT molecular complexity index is 610. The molecule has 150 valence electrons. The van der Waals surface area contributed by atoms with Crippen LogP contribution in [0.3, 0.4) is 0 Å². The smallest absolute Gasteiger partial charge is 0.321 e. The van der Waals surface area contributed by atoms with Gasteiger partial charge < -0.3 is 14.9 Å². The molecule has 0 aromatic heterocycles. The van der Waals surface area contributed by atoms with Crippen LogP contribution in [-0.2, 0) is 32.1 Å². The molecule has 1 rings (SSSR count). The number of unbranched alkanes of at least 4 members (excludes halogenated alkanes) is 6. The van der Waals surface area contributed by atoms with Crippen LogP contribution < -0.4 is 0 Å². The van der Waals surface area contributed by atoms with Crippen molar-refractivity contribution < 1.29 is 29.3 Å². The van der Waals surface area contributed by atoms with Crippen LogP contribution in [0.4, 0.5) is 0 Å². The van der Waals surface area contributed by atoms with Gasteiger partial charge in [0.05, 0.1) is 6.42 Å². The van der Waals surface area contributed by atoms with Gasteiger partial charge in [-0.3, -0.25) is 14.4 Å². The number of carbonyl (C=O) groups is 3. The maximum absolute atomic E-state index is 11.9. The van der Waals surface area contributed by atoms with Gasteiger partial charge in [-0.25, -0.2) is 0 Å². The molecule has 27 heavy (non-hydrogen) atoms. The van der Waals surface area contributed by atoms with E-state index >= 15 is 0 Å². The van der Waals surface area contributed by atoms with Crippen molar-refractivity contribution in [3.05, 3.63) is 35.4 Å². The van der Waals surface area contributed by atoms with E-state index in [1.807, 2.05) is 24.3 Å². The number of aliphatic carboxylic acids is 2. The van der Waals surface area contributed by atoms with E-state index in [4.69, 9.17) is 14.9 Å². The highest BCUT2D eigenvalue weighted by atomic mass is 16.5. The molecule has 1 unspecified atom stereocenters. The predicted molar refractivity (Wildman–Crippen MR) is 101 cm³/mol. The Kier molecular flexibility index (Phi) is 10.8. The maximum atomic E-state index is 11.9. The summed E-state index contributed by atoms with van der Waals surface area (Å²) in [6, 6.07) is 7.58. The molecule has 0 radical (unpaired) electrons. The third-order valence-electron chi connectivity index (χ3n) is 4.50. The molecule has 0 saturated heterocycles. The van der Waals surface area contributed by atoms with Crippen LogP contribution in [0.25, 0.3) is 0 Å². The van der Waals surface area contributed by atoms with Crippen LogP contribution in [0.15, 0.2) is 24.3 Å². The second kappa shape index (κ2) is 12.9. The third-order valence-corrected chi connectivity index (χ3v) is 4.50. The van der Waals surface area contributed by atoms with E-state index in [1.165, 1.54) is 32.1 Å². The number of carbonyl (C=O) groups excluding carboxylic acids is 1. The topological polar surface area (TPSA) is 101 Å². The van der Waals surface area contributed by atoms with E-state index in [0.717, 1.165) is 30.4 Å². The molecule has 0 aliphatic rings. The second-order valence-electron chi connectivity index (χ2n) is 6.74. The average molecular weight is 378 g/mol. The minimum Gasteiger partial charge on any atom is -0.481 e. The number of hydrogen-bond donors (Lipinski definition) is 2. The molecule has 1 atom stereocenters. The third kappa shape index (κ3) is 9.22. The molecule has 0 aliphatic carbocycles. The van der Waals surface area contributed by atoms with Crippen molar-refractivity contribution in [2.75, 3.05) is 0 Å². The summed E-state index contributed by atoms with van der Waals surface area (Å²) in [6.07, 6.45) is 8.57. The standard InChI is InChI=1S/C21H30O6/c1-2-3-4-5-6-7-8-11-16-12-9-10-13-17(16)15-27-21(26)18(20(24)25)14-19(22)23/h9-10,12-13,18H,2-8,11,14-15H2,1H3,(H,22,23)(H,24,25). The van der Waals surface area contributed by atoms with Gasteiger partial charge in [0.15, 0.2) is 5.92 Å². The quantitative estimate of drug-likeness (QED) is 0.286. The van der Waals surface area contributed by atoms with Crippen molar-refractivity contribution >= 4 is 17.9 Å². The minimum atomic E-state index is -1.68. The SMILES string of the molecule is CCCCCCCCCc1ccccc1COC(=O)C(CC(=O)O)C(=O)O. The van der Waals surface area contributed by atoms with Crippen LogP contribution in [0, 0.1) is 5.92 Å². The Morgan fingerprint density at radius 3 is 2.11 bits per heavy atom. The first kappa shape index (κ1) is 22.7. The Balaban J connectivity index is 2.50. The van der Waals surface area contributed by atoms with Gasteiger partial charge in [-0.15, -0.1) is 0 Å². The Labute approximate surface area is 160 Å². The first-order valence-corrected chi connectivity index (χ1v) is 9.63. The molecule has 0 aliphatic heterocycles.